The van der Waals surface area contributed by atoms with Crippen LogP contribution in [-0.2, 0) is 0 Å². The molecule has 0 fully saturated rings. The highest BCUT2D eigenvalue weighted by Gasteiger charge is 2.15. The number of para-hydroxylation sites is 1. The minimum atomic E-state index is -1.17. The van der Waals surface area contributed by atoms with Crippen LogP contribution >= 0.6 is 0 Å². The topological polar surface area (TPSA) is 43.6 Å². The molecule has 0 aliphatic heterocycles. The fraction of sp³-hybridized carbons (Fsp3) is 0. The molecule has 2 aromatic heterocycles. The standard InChI is InChI=1S/C51H34N4/c1-4-13-35(14-5-1)41-19-12-20-43(33-41)51-53-49(39-17-8-3-9-18-39)52-50(54-51)40-25-23-37(24-26-40)38-27-30-44(31-28-38)55-47-22-11-10-21-45(47)46-34-42(29-32-48(46)55)36-15-6-2-7-16-36/h1-34H/i1D,2D,3D,4D,5D,6D,7D,8D,9D,10D,11D,12D,13D,14D,15D,16D,17D,18D,19D,20D,21D,22D,23D,24D,25D,26D,27D,28D,29D,30D,31D,32D,33D,34D. The summed E-state index contributed by atoms with van der Waals surface area (Å²) in [6, 6.07) is -33.9. The Labute approximate surface area is 367 Å². The zero-order valence-electron chi connectivity index (χ0n) is 61.3. The zero-order chi connectivity index (χ0) is 66.1. The van der Waals surface area contributed by atoms with Crippen LogP contribution in [0.1, 0.15) is 46.6 Å². The van der Waals surface area contributed by atoms with Crippen LogP contribution in [0.25, 0.3) is 95.0 Å². The summed E-state index contributed by atoms with van der Waals surface area (Å²) < 4.78 is 301. The molecule has 0 spiro atoms. The van der Waals surface area contributed by atoms with Crippen LogP contribution in [0.3, 0.4) is 0 Å². The third-order valence-corrected chi connectivity index (χ3v) is 7.80. The summed E-state index contributed by atoms with van der Waals surface area (Å²) in [5.74, 6) is -2.87. The first kappa shape index (κ1) is 12.6. The van der Waals surface area contributed by atoms with Crippen LogP contribution in [0.2, 0.25) is 0 Å². The molecule has 258 valence electrons. The first-order valence-corrected chi connectivity index (χ1v) is 15.8. The van der Waals surface area contributed by atoms with Crippen molar-refractivity contribution in [2.24, 2.45) is 0 Å². The lowest BCUT2D eigenvalue weighted by Crippen LogP contribution is -2.00. The summed E-state index contributed by atoms with van der Waals surface area (Å²) in [6.07, 6.45) is 0. The monoisotopic (exact) mass is 736 g/mol. The molecule has 0 amide bonds. The van der Waals surface area contributed by atoms with Gasteiger partial charge >= 0.3 is 0 Å². The molecular weight excluding hydrogens is 669 g/mol. The van der Waals surface area contributed by atoms with Gasteiger partial charge in [-0.3, -0.25) is 0 Å². The maximum Gasteiger partial charge on any atom is 0.164 e. The van der Waals surface area contributed by atoms with Gasteiger partial charge in [-0.2, -0.15) is 0 Å². The molecule has 2 heterocycles. The van der Waals surface area contributed by atoms with Crippen molar-refractivity contribution in [2.45, 2.75) is 0 Å². The largest absolute Gasteiger partial charge is 0.309 e. The molecule has 0 aliphatic carbocycles. The van der Waals surface area contributed by atoms with E-state index in [1.54, 1.807) is 0 Å². The molecule has 0 bridgehead atoms. The number of rotatable bonds is 7. The number of aromatic nitrogens is 4. The highest BCUT2D eigenvalue weighted by atomic mass is 15.0. The number of nitrogens with zero attached hydrogens (tertiary/aromatic N) is 4. The third-order valence-electron chi connectivity index (χ3n) is 7.80. The Kier molecular flexibility index (Phi) is 3.17. The zero-order valence-corrected chi connectivity index (χ0v) is 27.3. The van der Waals surface area contributed by atoms with Crippen molar-refractivity contribution in [1.82, 2.24) is 19.5 Å². The van der Waals surface area contributed by atoms with E-state index in [4.69, 9.17) is 31.5 Å². The minimum Gasteiger partial charge on any atom is -0.309 e. The Hall–Kier alpha value is -7.43. The van der Waals surface area contributed by atoms with E-state index in [0.717, 1.165) is 0 Å². The van der Waals surface area contributed by atoms with E-state index in [9.17, 15) is 15.1 Å². The Bertz CT molecular complexity index is 4820. The van der Waals surface area contributed by atoms with Gasteiger partial charge in [0.25, 0.3) is 0 Å². The van der Waals surface area contributed by atoms with Crippen LogP contribution in [0.15, 0.2) is 205 Å². The average molecular weight is 737 g/mol. The summed E-state index contributed by atoms with van der Waals surface area (Å²) in [6.45, 7) is 0. The van der Waals surface area contributed by atoms with E-state index in [2.05, 4.69) is 15.0 Å². The van der Waals surface area contributed by atoms with Gasteiger partial charge in [-0.05, 0) is 69.6 Å². The Morgan fingerprint density at radius 1 is 0.291 bits per heavy atom. The highest BCUT2D eigenvalue weighted by Crippen LogP contribution is 2.36. The molecule has 0 N–H and O–H groups in total. The average Bonchev–Trinajstić information content (AvgIpc) is 1.62. The van der Waals surface area contributed by atoms with Crippen molar-refractivity contribution in [3.05, 3.63) is 205 Å². The quantitative estimate of drug-likeness (QED) is 0.164. The van der Waals surface area contributed by atoms with Gasteiger partial charge in [0, 0.05) is 33.2 Å². The van der Waals surface area contributed by atoms with E-state index >= 15 is 0 Å². The maximum absolute atomic E-state index is 9.46. The Morgan fingerprint density at radius 2 is 0.691 bits per heavy atom. The number of fused-ring (bicyclic) bond motifs is 3. The normalized spacial score (nSPS) is 19.9. The number of benzene rings is 8. The van der Waals surface area contributed by atoms with Gasteiger partial charge < -0.3 is 4.57 Å². The minimum absolute atomic E-state index is 0.605. The molecule has 0 saturated heterocycles. The van der Waals surface area contributed by atoms with Gasteiger partial charge in [-0.25, -0.2) is 15.0 Å². The predicted octanol–water partition coefficient (Wildman–Crippen LogP) is 13.0. The summed E-state index contributed by atoms with van der Waals surface area (Å²) in [5, 5.41) is -1.23. The summed E-state index contributed by atoms with van der Waals surface area (Å²) >= 11 is 0. The molecule has 0 aliphatic rings. The van der Waals surface area contributed by atoms with Crippen LogP contribution in [0.5, 0.6) is 0 Å². The second-order valence-corrected chi connectivity index (χ2v) is 11.1. The van der Waals surface area contributed by atoms with Gasteiger partial charge in [-0.1, -0.05) is 169 Å². The molecule has 0 saturated carbocycles. The molecule has 4 nitrogen and oxygen atoms in total. The van der Waals surface area contributed by atoms with E-state index in [1.807, 2.05) is 0 Å². The first-order chi connectivity index (χ1) is 41.4. The molecule has 0 atom stereocenters. The van der Waals surface area contributed by atoms with Crippen LogP contribution < -0.4 is 0 Å². The first-order valence-electron chi connectivity index (χ1n) is 32.8. The number of hydrogen-bond acceptors (Lipinski definition) is 3. The molecular formula is C51H34N4. The predicted molar refractivity (Wildman–Crippen MR) is 227 cm³/mol. The van der Waals surface area contributed by atoms with E-state index in [0.29, 0.717) is 4.57 Å². The van der Waals surface area contributed by atoms with Gasteiger partial charge in [0.15, 0.2) is 17.5 Å². The van der Waals surface area contributed by atoms with E-state index < -0.39 is 300 Å². The molecule has 0 radical (unpaired) electrons. The van der Waals surface area contributed by atoms with Gasteiger partial charge in [0.05, 0.1) is 57.6 Å². The molecule has 55 heavy (non-hydrogen) atoms. The lowest BCUT2D eigenvalue weighted by atomic mass is 10.0. The second kappa shape index (κ2) is 13.8. The lowest BCUT2D eigenvalue weighted by molar-refractivity contribution is 1.07. The van der Waals surface area contributed by atoms with Crippen molar-refractivity contribution in [1.29, 1.82) is 0 Å². The van der Waals surface area contributed by atoms with Crippen molar-refractivity contribution >= 4 is 21.8 Å². The van der Waals surface area contributed by atoms with Crippen LogP contribution in [0, 0.1) is 0 Å². The molecule has 8 aromatic carbocycles. The van der Waals surface area contributed by atoms with Gasteiger partial charge in [0.2, 0.25) is 0 Å². The van der Waals surface area contributed by atoms with Crippen molar-refractivity contribution in [2.75, 3.05) is 0 Å². The van der Waals surface area contributed by atoms with Crippen molar-refractivity contribution in [3.63, 3.8) is 0 Å². The van der Waals surface area contributed by atoms with E-state index in [-0.39, 0.29) is 0 Å². The smallest absolute Gasteiger partial charge is 0.164 e. The highest BCUT2D eigenvalue weighted by molar-refractivity contribution is 6.10. The van der Waals surface area contributed by atoms with E-state index in [1.165, 1.54) is 0 Å². The molecule has 10 rings (SSSR count). The summed E-state index contributed by atoms with van der Waals surface area (Å²) in [7, 11) is 0. The second-order valence-electron chi connectivity index (χ2n) is 11.1. The SMILES string of the molecule is [2H]c1c([2H])c([2H])c(-c2nc(-c3c([2H])c([2H])c(-c4c([2H])c([2H])c(-n5c6c([2H])c([2H])c([2H])c([2H])c6c6c([2H])c(-c7c([2H])c([2H])c([2H])c([2H])c7[2H])c([2H])c([2H])c65)c([2H])c4[2H])c([2H])c3[2H])nc(-c3c([2H])c([2H])c([2H])c(-c4c([2H])c([2H])c([2H])c([2H])c4[2H])c3[2H])n2)c([2H])c1[2H]. The van der Waals surface area contributed by atoms with Crippen molar-refractivity contribution in [3.8, 4) is 73.2 Å². The Morgan fingerprint density at radius 3 is 1.33 bits per heavy atom. The van der Waals surface area contributed by atoms with Crippen molar-refractivity contribution < 1.29 is 46.6 Å². The van der Waals surface area contributed by atoms with Gasteiger partial charge in [0.1, 0.15) is 0 Å². The van der Waals surface area contributed by atoms with Gasteiger partial charge in [-0.15, -0.1) is 0 Å². The maximum atomic E-state index is 9.46. The number of hydrogen-bond donors (Lipinski definition) is 0. The van der Waals surface area contributed by atoms with Crippen LogP contribution in [-0.4, -0.2) is 19.5 Å². The fourth-order valence-electron chi connectivity index (χ4n) is 5.36. The summed E-state index contributed by atoms with van der Waals surface area (Å²) in [4.78, 5) is 12.7. The summed E-state index contributed by atoms with van der Waals surface area (Å²) in [5.41, 5.74) is -9.98. The Balaban J connectivity index is 1.27. The molecule has 0 unspecified atom stereocenters. The molecule has 10 aromatic rings. The third kappa shape index (κ3) is 6.16. The fourth-order valence-corrected chi connectivity index (χ4v) is 5.36. The lowest BCUT2D eigenvalue weighted by Gasteiger charge is -2.11. The molecule has 4 heteroatoms. The van der Waals surface area contributed by atoms with Crippen LogP contribution in [0.4, 0.5) is 0 Å².